The van der Waals surface area contributed by atoms with Gasteiger partial charge in [-0.2, -0.15) is 0 Å². The zero-order valence-electron chi connectivity index (χ0n) is 6.85. The van der Waals surface area contributed by atoms with Crippen LogP contribution in [0.5, 0.6) is 0 Å². The third kappa shape index (κ3) is 6.02. The largest absolute Gasteiger partial charge is 0.487 e. The Balaban J connectivity index is 3.09. The number of ether oxygens (including phenoxy) is 1. The summed E-state index contributed by atoms with van der Waals surface area (Å²) in [4.78, 5) is 0. The lowest BCUT2D eigenvalue weighted by atomic mass is 10.3. The van der Waals surface area contributed by atoms with Crippen molar-refractivity contribution in [2.75, 3.05) is 6.61 Å². The van der Waals surface area contributed by atoms with E-state index in [0.717, 1.165) is 30.9 Å². The average Bonchev–Trinajstić information content (AvgIpc) is 1.97. The monoisotopic (exact) mass is 160 g/mol. The van der Waals surface area contributed by atoms with Crippen LogP contribution < -0.4 is 0 Å². The molecule has 0 N–H and O–H groups in total. The maximum atomic E-state index is 5.22. The van der Waals surface area contributed by atoms with E-state index in [1.807, 2.05) is 0 Å². The molecule has 0 heterocycles. The van der Waals surface area contributed by atoms with Gasteiger partial charge in [0.05, 0.1) is 6.61 Å². The normalized spacial score (nSPS) is 9.40. The van der Waals surface area contributed by atoms with Gasteiger partial charge in [0.2, 0.25) is 0 Å². The summed E-state index contributed by atoms with van der Waals surface area (Å²) in [6, 6.07) is 0. The molecule has 0 saturated heterocycles. The fourth-order valence-corrected chi connectivity index (χ4v) is 0.837. The Bertz CT molecular complexity index is 81.3. The molecule has 0 saturated carbocycles. The van der Waals surface area contributed by atoms with Gasteiger partial charge in [-0.25, -0.2) is 0 Å². The maximum Gasteiger partial charge on any atom is 0.159 e. The second-order valence-corrected chi connectivity index (χ2v) is 2.78. The Morgan fingerprint density at radius 1 is 1.30 bits per heavy atom. The fourth-order valence-electron chi connectivity index (χ4n) is 0.609. The van der Waals surface area contributed by atoms with Crippen molar-refractivity contribution >= 4 is 17.3 Å². The second kappa shape index (κ2) is 7.00. The van der Waals surface area contributed by atoms with Gasteiger partial charge in [-0.3, -0.25) is 0 Å². The Labute approximate surface area is 68.8 Å². The summed E-state index contributed by atoms with van der Waals surface area (Å²) in [5.74, 6) is 0. The molecule has 2 heteroatoms. The molecule has 0 aromatic heterocycles. The molecule has 0 rings (SSSR count). The van der Waals surface area contributed by atoms with Crippen molar-refractivity contribution in [3.05, 3.63) is 0 Å². The number of hydrogen-bond acceptors (Lipinski definition) is 2. The summed E-state index contributed by atoms with van der Waals surface area (Å²) >= 11 is 4.96. The van der Waals surface area contributed by atoms with Crippen LogP contribution in [0.15, 0.2) is 0 Å². The molecule has 0 bridgehead atoms. The van der Waals surface area contributed by atoms with Gasteiger partial charge in [0.1, 0.15) is 0 Å². The highest BCUT2D eigenvalue weighted by molar-refractivity contribution is 7.80. The summed E-state index contributed by atoms with van der Waals surface area (Å²) in [5, 5.41) is 0.781. The predicted octanol–water partition coefficient (Wildman–Crippen LogP) is 2.93. The Hall–Kier alpha value is -0.110. The van der Waals surface area contributed by atoms with Crippen molar-refractivity contribution in [1.82, 2.24) is 0 Å². The van der Waals surface area contributed by atoms with E-state index < -0.39 is 0 Å². The SMILES string of the molecule is CCCCC(=S)OCCC. The van der Waals surface area contributed by atoms with Gasteiger partial charge in [0, 0.05) is 6.42 Å². The molecule has 10 heavy (non-hydrogen) atoms. The lowest BCUT2D eigenvalue weighted by Gasteiger charge is -2.03. The molecule has 0 aliphatic heterocycles. The number of thiocarbonyl (C=S) groups is 1. The van der Waals surface area contributed by atoms with Gasteiger partial charge in [-0.15, -0.1) is 0 Å². The van der Waals surface area contributed by atoms with E-state index in [1.165, 1.54) is 6.42 Å². The molecule has 0 aliphatic rings. The smallest absolute Gasteiger partial charge is 0.159 e. The minimum absolute atomic E-state index is 0.780. The van der Waals surface area contributed by atoms with Crippen LogP contribution in [-0.4, -0.2) is 11.7 Å². The number of hydrogen-bond donors (Lipinski definition) is 0. The summed E-state index contributed by atoms with van der Waals surface area (Å²) in [6.07, 6.45) is 4.34. The standard InChI is InChI=1S/C8H16OS/c1-3-5-6-8(10)9-7-4-2/h3-7H2,1-2H3. The molecule has 0 aromatic carbocycles. The summed E-state index contributed by atoms with van der Waals surface area (Å²) < 4.78 is 5.22. The molecule has 0 atom stereocenters. The van der Waals surface area contributed by atoms with Gasteiger partial charge >= 0.3 is 0 Å². The van der Waals surface area contributed by atoms with E-state index in [2.05, 4.69) is 13.8 Å². The van der Waals surface area contributed by atoms with Crippen LogP contribution in [0.2, 0.25) is 0 Å². The molecule has 0 spiro atoms. The second-order valence-electron chi connectivity index (χ2n) is 2.32. The zero-order chi connectivity index (χ0) is 7.82. The third-order valence-corrected chi connectivity index (χ3v) is 1.52. The molecular weight excluding hydrogens is 144 g/mol. The maximum absolute atomic E-state index is 5.22. The summed E-state index contributed by atoms with van der Waals surface area (Å²) in [7, 11) is 0. The van der Waals surface area contributed by atoms with Gasteiger partial charge in [0.25, 0.3) is 0 Å². The molecule has 0 aliphatic carbocycles. The first-order valence-electron chi connectivity index (χ1n) is 3.96. The van der Waals surface area contributed by atoms with Crippen molar-refractivity contribution in [3.8, 4) is 0 Å². The molecular formula is C8H16OS. The first kappa shape index (κ1) is 9.89. The van der Waals surface area contributed by atoms with E-state index in [4.69, 9.17) is 17.0 Å². The number of unbranched alkanes of at least 4 members (excludes halogenated alkanes) is 1. The highest BCUT2D eigenvalue weighted by atomic mass is 32.1. The van der Waals surface area contributed by atoms with E-state index in [1.54, 1.807) is 0 Å². The molecule has 0 aromatic rings. The molecule has 0 unspecified atom stereocenters. The highest BCUT2D eigenvalue weighted by Crippen LogP contribution is 1.98. The molecule has 0 fully saturated rings. The van der Waals surface area contributed by atoms with E-state index in [9.17, 15) is 0 Å². The van der Waals surface area contributed by atoms with Gasteiger partial charge in [-0.1, -0.05) is 20.3 Å². The molecule has 0 amide bonds. The van der Waals surface area contributed by atoms with Gasteiger partial charge in [-0.05, 0) is 25.1 Å². The lowest BCUT2D eigenvalue weighted by Crippen LogP contribution is -2.01. The van der Waals surface area contributed by atoms with Gasteiger partial charge < -0.3 is 4.74 Å². The third-order valence-electron chi connectivity index (χ3n) is 1.20. The predicted molar refractivity (Wildman–Crippen MR) is 48.4 cm³/mol. The first-order valence-corrected chi connectivity index (χ1v) is 4.37. The average molecular weight is 160 g/mol. The number of rotatable bonds is 5. The highest BCUT2D eigenvalue weighted by Gasteiger charge is 1.94. The minimum Gasteiger partial charge on any atom is -0.487 e. The van der Waals surface area contributed by atoms with Crippen molar-refractivity contribution < 1.29 is 4.74 Å². The van der Waals surface area contributed by atoms with Gasteiger partial charge in [0.15, 0.2) is 5.05 Å². The minimum atomic E-state index is 0.780. The lowest BCUT2D eigenvalue weighted by molar-refractivity contribution is 0.303. The van der Waals surface area contributed by atoms with E-state index >= 15 is 0 Å². The van der Waals surface area contributed by atoms with Crippen molar-refractivity contribution in [2.24, 2.45) is 0 Å². The van der Waals surface area contributed by atoms with Crippen molar-refractivity contribution in [3.63, 3.8) is 0 Å². The van der Waals surface area contributed by atoms with Crippen LogP contribution in [0.4, 0.5) is 0 Å². The molecule has 0 radical (unpaired) electrons. The Kier molecular flexibility index (Phi) is 6.93. The topological polar surface area (TPSA) is 9.23 Å². The fraction of sp³-hybridized carbons (Fsp3) is 0.875. The first-order chi connectivity index (χ1) is 4.81. The van der Waals surface area contributed by atoms with Crippen LogP contribution in [0.1, 0.15) is 39.5 Å². The van der Waals surface area contributed by atoms with Crippen molar-refractivity contribution in [2.45, 2.75) is 39.5 Å². The van der Waals surface area contributed by atoms with E-state index in [0.29, 0.717) is 0 Å². The van der Waals surface area contributed by atoms with Crippen LogP contribution in [-0.2, 0) is 4.74 Å². The van der Waals surface area contributed by atoms with E-state index in [-0.39, 0.29) is 0 Å². The Morgan fingerprint density at radius 3 is 2.50 bits per heavy atom. The zero-order valence-corrected chi connectivity index (χ0v) is 7.67. The molecule has 1 nitrogen and oxygen atoms in total. The van der Waals surface area contributed by atoms with Crippen molar-refractivity contribution in [1.29, 1.82) is 0 Å². The quantitative estimate of drug-likeness (QED) is 0.572. The Morgan fingerprint density at radius 2 is 2.00 bits per heavy atom. The summed E-state index contributed by atoms with van der Waals surface area (Å²) in [5.41, 5.74) is 0. The van der Waals surface area contributed by atoms with Crippen LogP contribution >= 0.6 is 12.2 Å². The van der Waals surface area contributed by atoms with Crippen LogP contribution in [0.25, 0.3) is 0 Å². The summed E-state index contributed by atoms with van der Waals surface area (Å²) in [6.45, 7) is 5.02. The van der Waals surface area contributed by atoms with Crippen LogP contribution in [0, 0.1) is 0 Å². The molecule has 60 valence electrons. The van der Waals surface area contributed by atoms with Crippen LogP contribution in [0.3, 0.4) is 0 Å².